The van der Waals surface area contributed by atoms with Crippen LogP contribution >= 0.6 is 0 Å². The topological polar surface area (TPSA) is 47.6 Å². The summed E-state index contributed by atoms with van der Waals surface area (Å²) in [4.78, 5) is 0. The van der Waals surface area contributed by atoms with Crippen LogP contribution in [0.25, 0.3) is 0 Å². The van der Waals surface area contributed by atoms with Crippen LogP contribution in [0.15, 0.2) is 0 Å². The summed E-state index contributed by atoms with van der Waals surface area (Å²) in [5.74, 6) is 0.290. The Kier molecular flexibility index (Phi) is 3.96. The maximum absolute atomic E-state index is 9.19. The molecule has 14 heavy (non-hydrogen) atoms. The molecule has 0 aromatic carbocycles. The van der Waals surface area contributed by atoms with Crippen LogP contribution < -0.4 is 0 Å². The predicted molar refractivity (Wildman–Crippen MR) is 55.1 cm³/mol. The van der Waals surface area contributed by atoms with Gasteiger partial charge >= 0.3 is 0 Å². The lowest BCUT2D eigenvalue weighted by molar-refractivity contribution is 0.239. The summed E-state index contributed by atoms with van der Waals surface area (Å²) >= 11 is 0. The molecule has 0 N–H and O–H groups in total. The SMILES string of the molecule is CCC1CCCCCCC1(C#N)C#N. The second-order valence-corrected chi connectivity index (χ2v) is 4.25. The van der Waals surface area contributed by atoms with E-state index in [1.54, 1.807) is 0 Å². The number of rotatable bonds is 1. The zero-order chi connectivity index (χ0) is 10.4. The average Bonchev–Trinajstić information content (AvgIpc) is 2.19. The Balaban J connectivity index is 2.84. The number of nitrogens with zero attached hydrogens (tertiary/aromatic N) is 2. The Bertz CT molecular complexity index is 242. The Morgan fingerprint density at radius 1 is 1.14 bits per heavy atom. The average molecular weight is 190 g/mol. The van der Waals surface area contributed by atoms with Crippen LogP contribution in [-0.2, 0) is 0 Å². The van der Waals surface area contributed by atoms with Gasteiger partial charge in [-0.1, -0.05) is 39.0 Å². The first-order valence-corrected chi connectivity index (χ1v) is 5.61. The third-order valence-corrected chi connectivity index (χ3v) is 3.46. The van der Waals surface area contributed by atoms with Gasteiger partial charge in [-0.05, 0) is 18.8 Å². The maximum Gasteiger partial charge on any atom is 0.146 e. The molecule has 2 nitrogen and oxygen atoms in total. The molecule has 0 aliphatic heterocycles. The fourth-order valence-electron chi connectivity index (χ4n) is 2.47. The van der Waals surface area contributed by atoms with E-state index in [0.717, 1.165) is 25.7 Å². The Hall–Kier alpha value is -1.02. The third kappa shape index (κ3) is 2.07. The van der Waals surface area contributed by atoms with E-state index in [2.05, 4.69) is 19.1 Å². The molecule has 0 bridgehead atoms. The Morgan fingerprint density at radius 3 is 2.36 bits per heavy atom. The number of hydrogen-bond donors (Lipinski definition) is 0. The molecule has 0 saturated heterocycles. The van der Waals surface area contributed by atoms with Crippen molar-refractivity contribution >= 4 is 0 Å². The standard InChI is InChI=1S/C12H18N2/c1-2-11-7-5-3-4-6-8-12(11,9-13)10-14/h11H,2-8H2,1H3. The largest absolute Gasteiger partial charge is 0.197 e. The van der Waals surface area contributed by atoms with Crippen molar-refractivity contribution in [2.75, 3.05) is 0 Å². The number of nitriles is 2. The minimum absolute atomic E-state index is 0.290. The van der Waals surface area contributed by atoms with Crippen molar-refractivity contribution in [1.82, 2.24) is 0 Å². The molecule has 1 fully saturated rings. The highest BCUT2D eigenvalue weighted by Gasteiger charge is 2.38. The van der Waals surface area contributed by atoms with E-state index in [-0.39, 0.29) is 5.92 Å². The molecule has 0 spiro atoms. The first-order chi connectivity index (χ1) is 6.79. The van der Waals surface area contributed by atoms with Gasteiger partial charge in [-0.15, -0.1) is 0 Å². The minimum Gasteiger partial charge on any atom is -0.197 e. The van der Waals surface area contributed by atoms with Gasteiger partial charge in [0.25, 0.3) is 0 Å². The first-order valence-electron chi connectivity index (χ1n) is 5.61. The fourth-order valence-corrected chi connectivity index (χ4v) is 2.47. The molecule has 0 aromatic heterocycles. The Labute approximate surface area is 86.5 Å². The summed E-state index contributed by atoms with van der Waals surface area (Å²) in [5, 5.41) is 18.4. The zero-order valence-electron chi connectivity index (χ0n) is 8.92. The fraction of sp³-hybridized carbons (Fsp3) is 0.833. The molecule has 0 heterocycles. The molecule has 1 saturated carbocycles. The summed E-state index contributed by atoms with van der Waals surface area (Å²) in [6.45, 7) is 2.09. The summed E-state index contributed by atoms with van der Waals surface area (Å²) in [5.41, 5.74) is -0.685. The molecule has 1 aliphatic rings. The van der Waals surface area contributed by atoms with E-state index in [1.807, 2.05) is 0 Å². The molecule has 2 heteroatoms. The van der Waals surface area contributed by atoms with E-state index in [1.165, 1.54) is 19.3 Å². The van der Waals surface area contributed by atoms with E-state index in [4.69, 9.17) is 0 Å². The lowest BCUT2D eigenvalue weighted by atomic mass is 9.69. The van der Waals surface area contributed by atoms with Crippen LogP contribution in [-0.4, -0.2) is 0 Å². The van der Waals surface area contributed by atoms with Crippen LogP contribution in [0, 0.1) is 34.0 Å². The van der Waals surface area contributed by atoms with Crippen molar-refractivity contribution in [1.29, 1.82) is 10.5 Å². The van der Waals surface area contributed by atoms with Crippen molar-refractivity contribution in [2.45, 2.75) is 51.9 Å². The molecule has 0 radical (unpaired) electrons. The van der Waals surface area contributed by atoms with Gasteiger partial charge in [0.15, 0.2) is 0 Å². The molecule has 1 rings (SSSR count). The maximum atomic E-state index is 9.19. The molecule has 1 aliphatic carbocycles. The molecule has 76 valence electrons. The summed E-state index contributed by atoms with van der Waals surface area (Å²) in [6, 6.07) is 4.55. The van der Waals surface area contributed by atoms with Crippen LogP contribution in [0.4, 0.5) is 0 Å². The van der Waals surface area contributed by atoms with E-state index in [9.17, 15) is 10.5 Å². The predicted octanol–water partition coefficient (Wildman–Crippen LogP) is 3.40. The van der Waals surface area contributed by atoms with Gasteiger partial charge in [-0.25, -0.2) is 0 Å². The second kappa shape index (κ2) is 5.01. The van der Waals surface area contributed by atoms with Crippen LogP contribution in [0.3, 0.4) is 0 Å². The molecular weight excluding hydrogens is 172 g/mol. The van der Waals surface area contributed by atoms with Gasteiger partial charge in [0, 0.05) is 0 Å². The third-order valence-electron chi connectivity index (χ3n) is 3.46. The lowest BCUT2D eigenvalue weighted by Crippen LogP contribution is -2.28. The second-order valence-electron chi connectivity index (χ2n) is 4.25. The zero-order valence-corrected chi connectivity index (χ0v) is 8.92. The number of hydrogen-bond acceptors (Lipinski definition) is 2. The van der Waals surface area contributed by atoms with Crippen LogP contribution in [0.5, 0.6) is 0 Å². The van der Waals surface area contributed by atoms with Crippen molar-refractivity contribution in [3.8, 4) is 12.1 Å². The van der Waals surface area contributed by atoms with Gasteiger partial charge in [-0.3, -0.25) is 0 Å². The molecular formula is C12H18N2. The molecule has 0 amide bonds. The van der Waals surface area contributed by atoms with Crippen molar-refractivity contribution in [3.05, 3.63) is 0 Å². The quantitative estimate of drug-likeness (QED) is 0.636. The van der Waals surface area contributed by atoms with Gasteiger partial charge in [0.05, 0.1) is 12.1 Å². The summed E-state index contributed by atoms with van der Waals surface area (Å²) < 4.78 is 0. The highest BCUT2D eigenvalue weighted by molar-refractivity contribution is 5.16. The normalized spacial score (nSPS) is 26.6. The van der Waals surface area contributed by atoms with Gasteiger partial charge in [0.1, 0.15) is 5.41 Å². The monoisotopic (exact) mass is 190 g/mol. The highest BCUT2D eigenvalue weighted by Crippen LogP contribution is 2.39. The minimum atomic E-state index is -0.685. The highest BCUT2D eigenvalue weighted by atomic mass is 14.5. The van der Waals surface area contributed by atoms with Gasteiger partial charge in [0.2, 0.25) is 0 Å². The van der Waals surface area contributed by atoms with Crippen LogP contribution in [0.2, 0.25) is 0 Å². The smallest absolute Gasteiger partial charge is 0.146 e. The van der Waals surface area contributed by atoms with E-state index < -0.39 is 5.41 Å². The van der Waals surface area contributed by atoms with Gasteiger partial charge < -0.3 is 0 Å². The van der Waals surface area contributed by atoms with E-state index >= 15 is 0 Å². The molecule has 0 aromatic rings. The van der Waals surface area contributed by atoms with Crippen molar-refractivity contribution in [2.24, 2.45) is 11.3 Å². The summed E-state index contributed by atoms with van der Waals surface area (Å²) in [6.07, 6.45) is 7.46. The molecule has 1 unspecified atom stereocenters. The van der Waals surface area contributed by atoms with Crippen molar-refractivity contribution < 1.29 is 0 Å². The summed E-state index contributed by atoms with van der Waals surface area (Å²) in [7, 11) is 0. The van der Waals surface area contributed by atoms with E-state index in [0.29, 0.717) is 0 Å². The van der Waals surface area contributed by atoms with Crippen LogP contribution in [0.1, 0.15) is 51.9 Å². The first kappa shape index (κ1) is 11.1. The Morgan fingerprint density at radius 2 is 1.79 bits per heavy atom. The van der Waals surface area contributed by atoms with Crippen molar-refractivity contribution in [3.63, 3.8) is 0 Å². The van der Waals surface area contributed by atoms with Gasteiger partial charge in [-0.2, -0.15) is 10.5 Å². The lowest BCUT2D eigenvalue weighted by Gasteiger charge is -2.30. The molecule has 1 atom stereocenters.